The van der Waals surface area contributed by atoms with E-state index in [-0.39, 0.29) is 0 Å². The van der Waals surface area contributed by atoms with Crippen LogP contribution in [0.5, 0.6) is 0 Å². The van der Waals surface area contributed by atoms with Gasteiger partial charge >= 0.3 is 0 Å². The van der Waals surface area contributed by atoms with Crippen LogP contribution >= 0.6 is 0 Å². The fraction of sp³-hybridized carbons (Fsp3) is 0.167. The molecule has 0 saturated carbocycles. The number of aromatic nitrogens is 2. The number of benzene rings is 1. The molecular formula is C12H11N3. The average Bonchev–Trinajstić information content (AvgIpc) is 2.70. The van der Waals surface area contributed by atoms with Gasteiger partial charge in [-0.3, -0.25) is 0 Å². The van der Waals surface area contributed by atoms with Crippen LogP contribution in [0, 0.1) is 25.2 Å². The Labute approximate surface area is 88.6 Å². The Hall–Kier alpha value is -2.08. The van der Waals surface area contributed by atoms with Crippen LogP contribution in [-0.4, -0.2) is 9.78 Å². The van der Waals surface area contributed by atoms with Crippen LogP contribution in [0.15, 0.2) is 30.6 Å². The van der Waals surface area contributed by atoms with Crippen molar-refractivity contribution < 1.29 is 0 Å². The second kappa shape index (κ2) is 3.58. The highest BCUT2D eigenvalue weighted by Gasteiger charge is 2.03. The molecule has 0 fully saturated rings. The van der Waals surface area contributed by atoms with Crippen LogP contribution in [0.2, 0.25) is 0 Å². The number of aryl methyl sites for hydroxylation is 2. The maximum absolute atomic E-state index is 8.72. The van der Waals surface area contributed by atoms with E-state index in [0.717, 1.165) is 11.3 Å². The summed E-state index contributed by atoms with van der Waals surface area (Å²) < 4.78 is 1.74. The van der Waals surface area contributed by atoms with Crippen molar-refractivity contribution in [2.45, 2.75) is 13.8 Å². The summed E-state index contributed by atoms with van der Waals surface area (Å²) in [5, 5.41) is 12.9. The van der Waals surface area contributed by atoms with Crippen LogP contribution < -0.4 is 0 Å². The molecule has 0 bridgehead atoms. The van der Waals surface area contributed by atoms with E-state index in [1.165, 1.54) is 5.56 Å². The number of nitrogens with zero attached hydrogens (tertiary/aromatic N) is 3. The van der Waals surface area contributed by atoms with Crippen LogP contribution in [0.3, 0.4) is 0 Å². The molecule has 1 aromatic heterocycles. The van der Waals surface area contributed by atoms with Gasteiger partial charge in [0.25, 0.3) is 0 Å². The monoisotopic (exact) mass is 197 g/mol. The third kappa shape index (κ3) is 1.75. The van der Waals surface area contributed by atoms with Crippen LogP contribution in [0.4, 0.5) is 0 Å². The molecule has 1 aromatic carbocycles. The molecule has 74 valence electrons. The van der Waals surface area contributed by atoms with Crippen LogP contribution in [-0.2, 0) is 0 Å². The van der Waals surface area contributed by atoms with Crippen molar-refractivity contribution in [3.63, 3.8) is 0 Å². The third-order valence-electron chi connectivity index (χ3n) is 2.32. The van der Waals surface area contributed by atoms with Gasteiger partial charge in [0.2, 0.25) is 0 Å². The summed E-state index contributed by atoms with van der Waals surface area (Å²) >= 11 is 0. The zero-order chi connectivity index (χ0) is 10.8. The first-order valence-electron chi connectivity index (χ1n) is 4.73. The smallest absolute Gasteiger partial charge is 0.102 e. The van der Waals surface area contributed by atoms with Gasteiger partial charge in [0.15, 0.2) is 0 Å². The van der Waals surface area contributed by atoms with E-state index in [4.69, 9.17) is 5.26 Å². The fourth-order valence-corrected chi connectivity index (χ4v) is 1.48. The Morgan fingerprint density at radius 2 is 2.13 bits per heavy atom. The van der Waals surface area contributed by atoms with E-state index in [9.17, 15) is 0 Å². The highest BCUT2D eigenvalue weighted by Crippen LogP contribution is 2.15. The minimum absolute atomic E-state index is 0.580. The van der Waals surface area contributed by atoms with Crippen molar-refractivity contribution in [2.24, 2.45) is 0 Å². The Morgan fingerprint density at radius 3 is 2.80 bits per heavy atom. The molecule has 0 amide bonds. The van der Waals surface area contributed by atoms with Gasteiger partial charge in [0.05, 0.1) is 17.4 Å². The highest BCUT2D eigenvalue weighted by molar-refractivity contribution is 5.43. The summed E-state index contributed by atoms with van der Waals surface area (Å²) in [5.74, 6) is 0. The van der Waals surface area contributed by atoms with E-state index in [1.807, 2.05) is 13.8 Å². The Balaban J connectivity index is 2.54. The molecule has 0 aliphatic carbocycles. The summed E-state index contributed by atoms with van der Waals surface area (Å²) in [6.07, 6.45) is 3.31. The summed E-state index contributed by atoms with van der Waals surface area (Å²) in [6.45, 7) is 4.07. The highest BCUT2D eigenvalue weighted by atomic mass is 15.3. The van der Waals surface area contributed by atoms with Gasteiger partial charge in [-0.25, -0.2) is 4.68 Å². The van der Waals surface area contributed by atoms with Crippen molar-refractivity contribution in [1.82, 2.24) is 9.78 Å². The Morgan fingerprint density at radius 1 is 1.33 bits per heavy atom. The summed E-state index contributed by atoms with van der Waals surface area (Å²) in [7, 11) is 0. The van der Waals surface area contributed by atoms with Crippen molar-refractivity contribution in [1.29, 1.82) is 5.26 Å². The first kappa shape index (κ1) is 9.47. The van der Waals surface area contributed by atoms with E-state index in [1.54, 1.807) is 17.1 Å². The van der Waals surface area contributed by atoms with Gasteiger partial charge in [0, 0.05) is 6.20 Å². The molecule has 0 spiro atoms. The quantitative estimate of drug-likeness (QED) is 0.704. The lowest BCUT2D eigenvalue weighted by molar-refractivity contribution is 0.871. The predicted molar refractivity (Wildman–Crippen MR) is 57.8 cm³/mol. The molecule has 2 rings (SSSR count). The molecule has 0 aliphatic heterocycles. The largest absolute Gasteiger partial charge is 0.239 e. The van der Waals surface area contributed by atoms with E-state index in [0.29, 0.717) is 5.56 Å². The minimum Gasteiger partial charge on any atom is -0.239 e. The molecule has 0 radical (unpaired) electrons. The molecule has 1 heterocycles. The normalized spacial score (nSPS) is 9.93. The van der Waals surface area contributed by atoms with Crippen LogP contribution in [0.25, 0.3) is 5.69 Å². The minimum atomic E-state index is 0.580. The lowest BCUT2D eigenvalue weighted by Gasteiger charge is -2.06. The van der Waals surface area contributed by atoms with Gasteiger partial charge in [0.1, 0.15) is 6.07 Å². The van der Waals surface area contributed by atoms with Crippen LogP contribution in [0.1, 0.15) is 16.7 Å². The van der Waals surface area contributed by atoms with Gasteiger partial charge in [-0.15, -0.1) is 0 Å². The lowest BCUT2D eigenvalue weighted by Crippen LogP contribution is -1.97. The second-order valence-corrected chi connectivity index (χ2v) is 3.58. The van der Waals surface area contributed by atoms with Crippen molar-refractivity contribution in [2.75, 3.05) is 0 Å². The lowest BCUT2D eigenvalue weighted by atomic mass is 10.1. The molecule has 0 saturated heterocycles. The number of nitriles is 1. The molecule has 15 heavy (non-hydrogen) atoms. The number of hydrogen-bond donors (Lipinski definition) is 0. The molecular weight excluding hydrogens is 186 g/mol. The molecule has 0 N–H and O–H groups in total. The summed E-state index contributed by atoms with van der Waals surface area (Å²) in [4.78, 5) is 0. The Kier molecular flexibility index (Phi) is 2.26. The SMILES string of the molecule is Cc1ccc(C)c(-n2cc(C#N)cn2)c1. The van der Waals surface area contributed by atoms with Gasteiger partial charge in [-0.05, 0) is 31.0 Å². The summed E-state index contributed by atoms with van der Waals surface area (Å²) in [5.41, 5.74) is 3.94. The zero-order valence-electron chi connectivity index (χ0n) is 8.73. The first-order chi connectivity index (χ1) is 7.20. The van der Waals surface area contributed by atoms with Gasteiger partial charge in [-0.2, -0.15) is 10.4 Å². The van der Waals surface area contributed by atoms with Gasteiger partial charge in [-0.1, -0.05) is 12.1 Å². The molecule has 0 unspecified atom stereocenters. The number of rotatable bonds is 1. The maximum Gasteiger partial charge on any atom is 0.102 e. The topological polar surface area (TPSA) is 41.6 Å². The van der Waals surface area contributed by atoms with E-state index < -0.39 is 0 Å². The molecule has 0 atom stereocenters. The average molecular weight is 197 g/mol. The first-order valence-corrected chi connectivity index (χ1v) is 4.73. The maximum atomic E-state index is 8.72. The second-order valence-electron chi connectivity index (χ2n) is 3.58. The van der Waals surface area contributed by atoms with Crippen molar-refractivity contribution in [3.8, 4) is 11.8 Å². The predicted octanol–water partition coefficient (Wildman–Crippen LogP) is 2.36. The molecule has 2 aromatic rings. The van der Waals surface area contributed by atoms with E-state index >= 15 is 0 Å². The van der Waals surface area contributed by atoms with Gasteiger partial charge < -0.3 is 0 Å². The number of hydrogen-bond acceptors (Lipinski definition) is 2. The Bertz CT molecular complexity index is 532. The molecule has 3 nitrogen and oxygen atoms in total. The molecule has 3 heteroatoms. The van der Waals surface area contributed by atoms with Crippen molar-refractivity contribution in [3.05, 3.63) is 47.3 Å². The van der Waals surface area contributed by atoms with E-state index in [2.05, 4.69) is 29.4 Å². The fourth-order valence-electron chi connectivity index (χ4n) is 1.48. The molecule has 0 aliphatic rings. The summed E-state index contributed by atoms with van der Waals surface area (Å²) in [6, 6.07) is 8.24. The standard InChI is InChI=1S/C12H11N3/c1-9-3-4-10(2)12(5-9)15-8-11(6-13)7-14-15/h3-5,7-8H,1-2H3. The third-order valence-corrected chi connectivity index (χ3v) is 2.32. The zero-order valence-corrected chi connectivity index (χ0v) is 8.73. The van der Waals surface area contributed by atoms with Crippen molar-refractivity contribution >= 4 is 0 Å².